The van der Waals surface area contributed by atoms with Crippen LogP contribution in [0.15, 0.2) is 41.6 Å². The maximum absolute atomic E-state index is 12.8. The highest BCUT2D eigenvalue weighted by Gasteiger charge is 2.37. The van der Waals surface area contributed by atoms with Crippen LogP contribution in [-0.4, -0.2) is 25.5 Å². The topological polar surface area (TPSA) is 85.1 Å². The summed E-state index contributed by atoms with van der Waals surface area (Å²) in [6, 6.07) is 6.95. The Balaban J connectivity index is 2.04. The third-order valence-corrected chi connectivity index (χ3v) is 5.87. The number of hydrogen-bond donors (Lipinski definition) is 2. The van der Waals surface area contributed by atoms with Crippen LogP contribution in [-0.2, 0) is 10.0 Å². The van der Waals surface area contributed by atoms with Crippen molar-refractivity contribution in [1.29, 1.82) is 0 Å². The molecule has 0 amide bonds. The number of fused-ring (bicyclic) bond motifs is 1. The molecule has 1 aromatic carbocycles. The molecule has 1 aromatic heterocycles. The molecule has 112 valence electrons. The summed E-state index contributed by atoms with van der Waals surface area (Å²) in [6.45, 7) is 0.332. The molecule has 1 fully saturated rings. The molecule has 0 bridgehead atoms. The van der Waals surface area contributed by atoms with E-state index in [2.05, 4.69) is 9.71 Å². The molecule has 6 heteroatoms. The quantitative estimate of drug-likeness (QED) is 0.901. The van der Waals surface area contributed by atoms with Crippen molar-refractivity contribution < 1.29 is 8.42 Å². The predicted molar refractivity (Wildman–Crippen MR) is 82.3 cm³/mol. The first-order chi connectivity index (χ1) is 10.1. The maximum atomic E-state index is 12.8. The highest BCUT2D eigenvalue weighted by Crippen LogP contribution is 2.31. The minimum absolute atomic E-state index is 0.294. The number of nitrogens with zero attached hydrogens (tertiary/aromatic N) is 1. The van der Waals surface area contributed by atoms with Crippen molar-refractivity contribution in [2.24, 2.45) is 5.73 Å². The monoisotopic (exact) mass is 305 g/mol. The Kier molecular flexibility index (Phi) is 3.69. The van der Waals surface area contributed by atoms with Crippen LogP contribution in [0.25, 0.3) is 10.8 Å². The molecule has 1 saturated carbocycles. The van der Waals surface area contributed by atoms with Gasteiger partial charge in [0.2, 0.25) is 10.0 Å². The Bertz CT molecular complexity index is 747. The van der Waals surface area contributed by atoms with Gasteiger partial charge in [-0.2, -0.15) is 0 Å². The Morgan fingerprint density at radius 3 is 2.71 bits per heavy atom. The Morgan fingerprint density at radius 1 is 1.24 bits per heavy atom. The number of nitrogens with one attached hydrogen (secondary N) is 1. The first kappa shape index (κ1) is 14.4. The van der Waals surface area contributed by atoms with Crippen LogP contribution < -0.4 is 10.5 Å². The molecular weight excluding hydrogens is 286 g/mol. The minimum Gasteiger partial charge on any atom is -0.329 e. The van der Waals surface area contributed by atoms with Crippen molar-refractivity contribution >= 4 is 20.8 Å². The highest BCUT2D eigenvalue weighted by atomic mass is 32.2. The van der Waals surface area contributed by atoms with E-state index in [0.717, 1.165) is 31.1 Å². The van der Waals surface area contributed by atoms with Crippen molar-refractivity contribution in [1.82, 2.24) is 9.71 Å². The van der Waals surface area contributed by atoms with Gasteiger partial charge in [-0.25, -0.2) is 13.1 Å². The summed E-state index contributed by atoms with van der Waals surface area (Å²) in [4.78, 5) is 4.33. The number of hydrogen-bond acceptors (Lipinski definition) is 4. The molecule has 0 radical (unpaired) electrons. The lowest BCUT2D eigenvalue weighted by molar-refractivity contribution is 0.399. The first-order valence-corrected chi connectivity index (χ1v) is 8.61. The van der Waals surface area contributed by atoms with Crippen LogP contribution in [0.2, 0.25) is 0 Å². The van der Waals surface area contributed by atoms with Gasteiger partial charge in [0.25, 0.3) is 0 Å². The fraction of sp³-hybridized carbons (Fsp3) is 0.400. The smallest absolute Gasteiger partial charge is 0.241 e. The van der Waals surface area contributed by atoms with Crippen molar-refractivity contribution in [2.75, 3.05) is 6.54 Å². The molecule has 1 aliphatic carbocycles. The van der Waals surface area contributed by atoms with Gasteiger partial charge in [0, 0.05) is 35.2 Å². The minimum atomic E-state index is -3.60. The molecule has 0 spiro atoms. The molecule has 5 nitrogen and oxygen atoms in total. The van der Waals surface area contributed by atoms with E-state index < -0.39 is 15.6 Å². The molecule has 3 rings (SSSR count). The average molecular weight is 305 g/mol. The SMILES string of the molecule is NCC1(NS(=O)(=O)c2cccc3cnccc23)CCCC1. The summed E-state index contributed by atoms with van der Waals surface area (Å²) in [5.41, 5.74) is 5.34. The highest BCUT2D eigenvalue weighted by molar-refractivity contribution is 7.89. The van der Waals surface area contributed by atoms with E-state index in [4.69, 9.17) is 5.73 Å². The summed E-state index contributed by atoms with van der Waals surface area (Å²) in [7, 11) is -3.60. The zero-order valence-electron chi connectivity index (χ0n) is 11.7. The molecule has 3 N–H and O–H groups in total. The van der Waals surface area contributed by atoms with Crippen molar-refractivity contribution in [3.63, 3.8) is 0 Å². The fourth-order valence-corrected chi connectivity index (χ4v) is 4.77. The van der Waals surface area contributed by atoms with E-state index in [1.165, 1.54) is 0 Å². The van der Waals surface area contributed by atoms with Gasteiger partial charge < -0.3 is 5.73 Å². The first-order valence-electron chi connectivity index (χ1n) is 7.13. The molecule has 0 atom stereocenters. The molecule has 1 heterocycles. The molecule has 0 saturated heterocycles. The molecule has 0 unspecified atom stereocenters. The number of benzene rings is 1. The zero-order chi connectivity index (χ0) is 14.9. The van der Waals surface area contributed by atoms with Crippen LogP contribution in [0.3, 0.4) is 0 Å². The lowest BCUT2D eigenvalue weighted by Crippen LogP contribution is -2.51. The van der Waals surface area contributed by atoms with E-state index in [9.17, 15) is 8.42 Å². The normalized spacial score (nSPS) is 18.1. The van der Waals surface area contributed by atoms with Gasteiger partial charge in [-0.1, -0.05) is 25.0 Å². The van der Waals surface area contributed by atoms with E-state index in [1.54, 1.807) is 30.6 Å². The second-order valence-corrected chi connectivity index (χ2v) is 7.30. The number of nitrogens with two attached hydrogens (primary N) is 1. The van der Waals surface area contributed by atoms with E-state index in [-0.39, 0.29) is 0 Å². The van der Waals surface area contributed by atoms with Crippen LogP contribution in [0, 0.1) is 0 Å². The largest absolute Gasteiger partial charge is 0.329 e. The van der Waals surface area contributed by atoms with Crippen LogP contribution >= 0.6 is 0 Å². The third-order valence-electron chi connectivity index (χ3n) is 4.23. The summed E-state index contributed by atoms with van der Waals surface area (Å²) >= 11 is 0. The molecule has 1 aliphatic rings. The standard InChI is InChI=1S/C15H19N3O2S/c16-11-15(7-1-2-8-15)18-21(19,20)14-5-3-4-12-10-17-9-6-13(12)14/h3-6,9-10,18H,1-2,7-8,11,16H2. The number of rotatable bonds is 4. The van der Waals surface area contributed by atoms with E-state index in [0.29, 0.717) is 16.8 Å². The van der Waals surface area contributed by atoms with Gasteiger partial charge in [-0.05, 0) is 25.0 Å². The Morgan fingerprint density at radius 2 is 2.00 bits per heavy atom. The summed E-state index contributed by atoms with van der Waals surface area (Å²) in [5, 5.41) is 1.50. The zero-order valence-corrected chi connectivity index (χ0v) is 12.6. The van der Waals surface area contributed by atoms with Crippen molar-refractivity contribution in [3.8, 4) is 0 Å². The second-order valence-electron chi connectivity index (χ2n) is 5.65. The van der Waals surface area contributed by atoms with Crippen LogP contribution in [0.4, 0.5) is 0 Å². The van der Waals surface area contributed by atoms with Crippen molar-refractivity contribution in [3.05, 3.63) is 36.7 Å². The van der Waals surface area contributed by atoms with Gasteiger partial charge in [-0.15, -0.1) is 0 Å². The fourth-order valence-electron chi connectivity index (χ4n) is 3.07. The molecular formula is C15H19N3O2S. The average Bonchev–Trinajstić information content (AvgIpc) is 2.95. The van der Waals surface area contributed by atoms with E-state index >= 15 is 0 Å². The maximum Gasteiger partial charge on any atom is 0.241 e. The van der Waals surface area contributed by atoms with Gasteiger partial charge >= 0.3 is 0 Å². The van der Waals surface area contributed by atoms with Gasteiger partial charge in [0.05, 0.1) is 4.90 Å². The third kappa shape index (κ3) is 2.66. The lowest BCUT2D eigenvalue weighted by atomic mass is 10.0. The van der Waals surface area contributed by atoms with Crippen LogP contribution in [0.1, 0.15) is 25.7 Å². The molecule has 2 aromatic rings. The van der Waals surface area contributed by atoms with Gasteiger partial charge in [0.1, 0.15) is 0 Å². The predicted octanol–water partition coefficient (Wildman–Crippen LogP) is 1.78. The molecule has 0 aliphatic heterocycles. The summed E-state index contributed by atoms with van der Waals surface area (Å²) in [6.07, 6.45) is 6.90. The Hall–Kier alpha value is -1.50. The number of pyridine rings is 1. The van der Waals surface area contributed by atoms with Gasteiger partial charge in [-0.3, -0.25) is 4.98 Å². The number of sulfonamides is 1. The summed E-state index contributed by atoms with van der Waals surface area (Å²) < 4.78 is 28.4. The summed E-state index contributed by atoms with van der Waals surface area (Å²) in [5.74, 6) is 0. The Labute approximate surface area is 124 Å². The van der Waals surface area contributed by atoms with E-state index in [1.807, 2.05) is 6.07 Å². The number of aromatic nitrogens is 1. The van der Waals surface area contributed by atoms with Crippen LogP contribution in [0.5, 0.6) is 0 Å². The molecule has 21 heavy (non-hydrogen) atoms. The van der Waals surface area contributed by atoms with Gasteiger partial charge in [0.15, 0.2) is 0 Å². The lowest BCUT2D eigenvalue weighted by Gasteiger charge is -2.28. The second kappa shape index (κ2) is 5.36. The van der Waals surface area contributed by atoms with Crippen molar-refractivity contribution in [2.45, 2.75) is 36.1 Å².